The average Bonchev–Trinajstić information content (AvgIpc) is 1.25. The van der Waals surface area contributed by atoms with E-state index in [1.165, 1.54) is 116 Å². The molecule has 0 aliphatic carbocycles. The molecule has 0 amide bonds. The molecule has 17 nitrogen and oxygen atoms in total. The zero-order valence-electron chi connectivity index (χ0n) is 63.6. The van der Waals surface area contributed by atoms with Crippen molar-refractivity contribution < 1.29 is 80.2 Å². The molecule has 0 rings (SSSR count). The summed E-state index contributed by atoms with van der Waals surface area (Å²) in [5.74, 6) is -2.19. The third-order valence-corrected chi connectivity index (χ3v) is 19.0. The van der Waals surface area contributed by atoms with Crippen LogP contribution in [-0.4, -0.2) is 96.7 Å². The Labute approximate surface area is 609 Å². The minimum atomic E-state index is -4.98. The topological polar surface area (TPSA) is 237 Å². The Morgan fingerprint density at radius 2 is 0.490 bits per heavy atom. The van der Waals surface area contributed by atoms with Gasteiger partial charge in [-0.15, -0.1) is 0 Å². The van der Waals surface area contributed by atoms with E-state index in [1.807, 2.05) is 0 Å². The fourth-order valence-corrected chi connectivity index (χ4v) is 12.5. The maximum absolute atomic E-state index is 13.1. The van der Waals surface area contributed by atoms with Gasteiger partial charge in [0, 0.05) is 25.7 Å². The molecular weight excluding hydrogens is 1310 g/mol. The number of hydrogen-bond donors (Lipinski definition) is 3. The lowest BCUT2D eigenvalue weighted by atomic mass is 10.1. The molecule has 0 aromatic rings. The van der Waals surface area contributed by atoms with Crippen molar-refractivity contribution in [2.45, 2.75) is 380 Å². The summed E-state index contributed by atoms with van der Waals surface area (Å²) in [6, 6.07) is 0. The summed E-state index contributed by atoms with van der Waals surface area (Å²) < 4.78 is 68.6. The van der Waals surface area contributed by atoms with E-state index in [9.17, 15) is 43.2 Å². The minimum Gasteiger partial charge on any atom is -0.462 e. The number of hydrogen-bond acceptors (Lipinski definition) is 15. The van der Waals surface area contributed by atoms with E-state index in [0.29, 0.717) is 25.7 Å². The highest BCUT2D eigenvalue weighted by Gasteiger charge is 2.30. The van der Waals surface area contributed by atoms with Crippen LogP contribution in [0.3, 0.4) is 0 Å². The number of aliphatic hydroxyl groups excluding tert-OH is 1. The van der Waals surface area contributed by atoms with Crippen molar-refractivity contribution in [2.24, 2.45) is 0 Å². The fourth-order valence-electron chi connectivity index (χ4n) is 10.9. The molecular formula is C81H146O17P2. The van der Waals surface area contributed by atoms with Crippen LogP contribution < -0.4 is 0 Å². The molecule has 0 heterocycles. The lowest BCUT2D eigenvalue weighted by Crippen LogP contribution is -2.30. The van der Waals surface area contributed by atoms with Gasteiger partial charge in [0.2, 0.25) is 0 Å². The lowest BCUT2D eigenvalue weighted by molar-refractivity contribution is -0.161. The van der Waals surface area contributed by atoms with Crippen molar-refractivity contribution >= 4 is 39.5 Å². The van der Waals surface area contributed by atoms with Gasteiger partial charge in [-0.05, 0) is 141 Å². The summed E-state index contributed by atoms with van der Waals surface area (Å²) >= 11 is 0. The highest BCUT2D eigenvalue weighted by Crippen LogP contribution is 2.45. The number of allylic oxidation sites excluding steroid dienone is 12. The minimum absolute atomic E-state index is 0.0800. The number of ether oxygens (including phenoxy) is 4. The van der Waals surface area contributed by atoms with E-state index >= 15 is 0 Å². The Hall–Kier alpha value is -3.50. The summed E-state index contributed by atoms with van der Waals surface area (Å²) in [4.78, 5) is 73.0. The van der Waals surface area contributed by atoms with Crippen molar-refractivity contribution in [1.82, 2.24) is 0 Å². The molecule has 0 radical (unpaired) electrons. The Kier molecular flexibility index (Phi) is 71.2. The molecule has 19 heteroatoms. The lowest BCUT2D eigenvalue weighted by Gasteiger charge is -2.21. The van der Waals surface area contributed by atoms with E-state index in [2.05, 4.69) is 101 Å². The van der Waals surface area contributed by atoms with Gasteiger partial charge < -0.3 is 33.8 Å². The molecule has 0 fully saturated rings. The number of rotatable bonds is 76. The van der Waals surface area contributed by atoms with Crippen LogP contribution in [0.1, 0.15) is 362 Å². The molecule has 5 atom stereocenters. The van der Waals surface area contributed by atoms with Crippen LogP contribution in [-0.2, 0) is 65.4 Å². The highest BCUT2D eigenvalue weighted by molar-refractivity contribution is 7.47. The van der Waals surface area contributed by atoms with Crippen molar-refractivity contribution in [1.29, 1.82) is 0 Å². The van der Waals surface area contributed by atoms with Crippen LogP contribution in [0.25, 0.3) is 0 Å². The molecule has 0 saturated carbocycles. The van der Waals surface area contributed by atoms with E-state index < -0.39 is 97.5 Å². The number of esters is 4. The summed E-state index contributed by atoms with van der Waals surface area (Å²) in [6.45, 7) is 4.81. The monoisotopic (exact) mass is 1450 g/mol. The second-order valence-corrected chi connectivity index (χ2v) is 29.9. The number of aliphatic hydroxyl groups is 1. The first-order valence-electron chi connectivity index (χ1n) is 40.2. The van der Waals surface area contributed by atoms with Crippen LogP contribution in [0.5, 0.6) is 0 Å². The molecule has 2 unspecified atom stereocenters. The van der Waals surface area contributed by atoms with E-state index in [4.69, 9.17) is 37.0 Å². The Bertz CT molecular complexity index is 2180. The average molecular weight is 1450 g/mol. The Balaban J connectivity index is 5.36. The molecule has 0 aromatic heterocycles. The molecule has 0 saturated heterocycles. The van der Waals surface area contributed by atoms with Crippen LogP contribution in [0.15, 0.2) is 72.9 Å². The molecule has 0 aromatic carbocycles. The molecule has 0 spiro atoms. The van der Waals surface area contributed by atoms with Gasteiger partial charge in [-0.1, -0.05) is 268 Å². The van der Waals surface area contributed by atoms with E-state index in [-0.39, 0.29) is 25.7 Å². The summed E-state index contributed by atoms with van der Waals surface area (Å²) in [6.07, 6.45) is 74.4. The fraction of sp³-hybridized carbons (Fsp3) is 0.802. The first-order chi connectivity index (χ1) is 48.7. The van der Waals surface area contributed by atoms with Crippen LogP contribution >= 0.6 is 15.6 Å². The summed E-state index contributed by atoms with van der Waals surface area (Å²) in [5, 5.41) is 10.6. The normalized spacial score (nSPS) is 14.3. The SMILES string of the molecule is CCCCC/C=C\C/C=C/CCCCCCCC(=O)O[C@H](COC(=O)CCCCCCC/C=C/CCCCCCCC)COP(=O)(O)OC[C@@H](O)COP(=O)(O)OC[C@@H](COC(=O)CCCCCCC/C=C/C/C=C/CCCCC)OC(=O)CCCCCCCCCC/C=C/CCCCC. The maximum Gasteiger partial charge on any atom is 0.472 e. The number of carbonyl (C=O) groups is 4. The van der Waals surface area contributed by atoms with Gasteiger partial charge in [0.1, 0.15) is 19.3 Å². The maximum atomic E-state index is 13.1. The van der Waals surface area contributed by atoms with Crippen molar-refractivity contribution in [2.75, 3.05) is 39.6 Å². The smallest absolute Gasteiger partial charge is 0.462 e. The third-order valence-electron chi connectivity index (χ3n) is 17.1. The second-order valence-electron chi connectivity index (χ2n) is 27.0. The predicted octanol–water partition coefficient (Wildman–Crippen LogP) is 23.2. The Morgan fingerprint density at radius 3 is 0.770 bits per heavy atom. The quantitative estimate of drug-likeness (QED) is 0.0169. The van der Waals surface area contributed by atoms with Crippen LogP contribution in [0, 0.1) is 0 Å². The van der Waals surface area contributed by atoms with Gasteiger partial charge in [-0.2, -0.15) is 0 Å². The first kappa shape index (κ1) is 96.5. The van der Waals surface area contributed by atoms with Crippen LogP contribution in [0.2, 0.25) is 0 Å². The van der Waals surface area contributed by atoms with Crippen molar-refractivity contribution in [3.8, 4) is 0 Å². The predicted molar refractivity (Wildman–Crippen MR) is 409 cm³/mol. The van der Waals surface area contributed by atoms with Crippen molar-refractivity contribution in [3.63, 3.8) is 0 Å². The highest BCUT2D eigenvalue weighted by atomic mass is 31.2. The van der Waals surface area contributed by atoms with Gasteiger partial charge in [0.15, 0.2) is 12.2 Å². The van der Waals surface area contributed by atoms with Crippen LogP contribution in [0.4, 0.5) is 0 Å². The number of carbonyl (C=O) groups excluding carboxylic acids is 4. The standard InChI is InChI=1S/C81H146O17P2/c1-5-9-13-17-21-25-29-33-37-41-45-49-53-57-61-65-78(83)91-71-76(97-80(85)67-63-59-55-51-47-43-39-35-31-27-23-19-15-11-7-3)73-95-99(87,88)93-69-75(82)70-94-100(89,90)96-74-77(98-81(86)68-64-60-56-52-48-44-40-36-32-28-24-20-16-12-8-4)72-92-79(84)66-62-58-54-50-46-42-38-34-30-26-22-18-14-10-6-2/h21,23-25,27-28,33-34,36-38,40,75-77,82H,5-20,22,26,29-32,35,39,41-74H2,1-4H3,(H,87,88)(H,89,90)/b25-21+,27-23+,28-24-,37-33+,38-34+,40-36+/t75-,76+,77+/m0/s1. The zero-order chi connectivity index (χ0) is 73.2. The van der Waals surface area contributed by atoms with Gasteiger partial charge in [0.05, 0.1) is 26.4 Å². The number of phosphoric acid groups is 2. The molecule has 582 valence electrons. The Morgan fingerprint density at radius 1 is 0.280 bits per heavy atom. The van der Waals surface area contributed by atoms with Crippen molar-refractivity contribution in [3.05, 3.63) is 72.9 Å². The summed E-state index contributed by atoms with van der Waals surface area (Å²) in [7, 11) is -9.95. The second kappa shape index (κ2) is 73.8. The van der Waals surface area contributed by atoms with Gasteiger partial charge in [-0.25, -0.2) is 9.13 Å². The number of phosphoric ester groups is 2. The van der Waals surface area contributed by atoms with Gasteiger partial charge >= 0.3 is 39.5 Å². The van der Waals surface area contributed by atoms with Gasteiger partial charge in [0.25, 0.3) is 0 Å². The van der Waals surface area contributed by atoms with Gasteiger partial charge in [-0.3, -0.25) is 37.3 Å². The van der Waals surface area contributed by atoms with E-state index in [0.717, 1.165) is 167 Å². The number of unbranched alkanes of at least 4 members (excludes halogenated alkanes) is 38. The largest absolute Gasteiger partial charge is 0.472 e. The molecule has 0 aliphatic rings. The molecule has 0 bridgehead atoms. The molecule has 100 heavy (non-hydrogen) atoms. The molecule has 0 aliphatic heterocycles. The zero-order valence-corrected chi connectivity index (χ0v) is 65.4. The molecule has 3 N–H and O–H groups in total. The summed E-state index contributed by atoms with van der Waals surface area (Å²) in [5.41, 5.74) is 0. The third kappa shape index (κ3) is 72.8. The van der Waals surface area contributed by atoms with E-state index in [1.54, 1.807) is 0 Å². The first-order valence-corrected chi connectivity index (χ1v) is 43.2.